The number of amides is 1. The molecule has 1 amide bonds. The fourth-order valence-electron chi connectivity index (χ4n) is 3.03. The van der Waals surface area contributed by atoms with Gasteiger partial charge in [0.15, 0.2) is 0 Å². The van der Waals surface area contributed by atoms with E-state index in [4.69, 9.17) is 0 Å². The predicted molar refractivity (Wildman–Crippen MR) is 104 cm³/mol. The maximum Gasteiger partial charge on any atom is 0.257 e. The molecule has 1 saturated heterocycles. The molecule has 4 rings (SSSR count). The van der Waals surface area contributed by atoms with Crippen LogP contribution in [0, 0.1) is 5.82 Å². The molecule has 1 fully saturated rings. The van der Waals surface area contributed by atoms with Crippen LogP contribution in [0.15, 0.2) is 61.1 Å². The minimum absolute atomic E-state index is 0.0889. The lowest BCUT2D eigenvalue weighted by Gasteiger charge is -2.35. The molecule has 0 atom stereocenters. The summed E-state index contributed by atoms with van der Waals surface area (Å²) in [6.07, 6.45) is 4.78. The first kappa shape index (κ1) is 17.8. The van der Waals surface area contributed by atoms with E-state index in [0.717, 1.165) is 18.9 Å². The van der Waals surface area contributed by atoms with E-state index in [1.165, 1.54) is 24.5 Å². The molecule has 0 aliphatic carbocycles. The van der Waals surface area contributed by atoms with E-state index in [0.29, 0.717) is 30.3 Å². The molecule has 7 nitrogen and oxygen atoms in total. The van der Waals surface area contributed by atoms with Crippen molar-refractivity contribution in [1.82, 2.24) is 19.9 Å². The highest BCUT2D eigenvalue weighted by Crippen LogP contribution is 2.16. The van der Waals surface area contributed by atoms with Gasteiger partial charge in [-0.1, -0.05) is 6.07 Å². The second kappa shape index (κ2) is 7.99. The van der Waals surface area contributed by atoms with Gasteiger partial charge >= 0.3 is 0 Å². The summed E-state index contributed by atoms with van der Waals surface area (Å²) in [6, 6.07) is 11.7. The SMILES string of the molecule is O=C(c1cnc(Nc2ccc(F)cc2)nc1)N1CCN(c2ccccn2)CC1. The van der Waals surface area contributed by atoms with Crippen molar-refractivity contribution < 1.29 is 9.18 Å². The van der Waals surface area contributed by atoms with Crippen molar-refractivity contribution in [1.29, 1.82) is 0 Å². The summed E-state index contributed by atoms with van der Waals surface area (Å²) in [5.41, 5.74) is 1.11. The number of anilines is 3. The average molecular weight is 378 g/mol. The molecule has 0 spiro atoms. The normalized spacial score (nSPS) is 14.0. The van der Waals surface area contributed by atoms with Crippen LogP contribution in [0.4, 0.5) is 21.8 Å². The number of hydrogen-bond donors (Lipinski definition) is 1. The van der Waals surface area contributed by atoms with Crippen LogP contribution in [-0.4, -0.2) is 51.9 Å². The number of carbonyl (C=O) groups is 1. The zero-order valence-electron chi connectivity index (χ0n) is 15.1. The molecular weight excluding hydrogens is 359 g/mol. The summed E-state index contributed by atoms with van der Waals surface area (Å²) < 4.78 is 13.0. The van der Waals surface area contributed by atoms with Crippen LogP contribution < -0.4 is 10.2 Å². The van der Waals surface area contributed by atoms with E-state index in [2.05, 4.69) is 25.2 Å². The molecule has 3 aromatic rings. The van der Waals surface area contributed by atoms with E-state index in [-0.39, 0.29) is 11.7 Å². The first-order valence-corrected chi connectivity index (χ1v) is 8.99. The van der Waals surface area contributed by atoms with E-state index in [1.54, 1.807) is 23.2 Å². The molecule has 3 heterocycles. The van der Waals surface area contributed by atoms with Gasteiger partial charge in [-0.25, -0.2) is 19.3 Å². The van der Waals surface area contributed by atoms with Crippen molar-refractivity contribution in [3.63, 3.8) is 0 Å². The molecule has 0 bridgehead atoms. The molecule has 1 aliphatic rings. The number of hydrogen-bond acceptors (Lipinski definition) is 6. The van der Waals surface area contributed by atoms with Crippen molar-refractivity contribution >= 4 is 23.4 Å². The van der Waals surface area contributed by atoms with Crippen LogP contribution >= 0.6 is 0 Å². The highest BCUT2D eigenvalue weighted by Gasteiger charge is 2.23. The number of piperazine rings is 1. The molecule has 2 aromatic heterocycles. The Morgan fingerprint density at radius 3 is 2.29 bits per heavy atom. The molecule has 0 unspecified atom stereocenters. The van der Waals surface area contributed by atoms with Crippen LogP contribution in [0.5, 0.6) is 0 Å². The van der Waals surface area contributed by atoms with Gasteiger partial charge < -0.3 is 15.1 Å². The third-order valence-electron chi connectivity index (χ3n) is 4.54. The highest BCUT2D eigenvalue weighted by atomic mass is 19.1. The molecule has 1 aromatic carbocycles. The number of benzene rings is 1. The first-order valence-electron chi connectivity index (χ1n) is 8.99. The maximum absolute atomic E-state index is 13.0. The summed E-state index contributed by atoms with van der Waals surface area (Å²) in [5.74, 6) is 0.877. The standard InChI is InChI=1S/C20H19FN6O/c21-16-4-6-17(7-5-16)25-20-23-13-15(14-24-20)19(28)27-11-9-26(10-12-27)18-3-1-2-8-22-18/h1-8,13-14H,9-12H2,(H,23,24,25). The minimum atomic E-state index is -0.310. The highest BCUT2D eigenvalue weighted by molar-refractivity contribution is 5.93. The molecule has 142 valence electrons. The Bertz CT molecular complexity index is 925. The van der Waals surface area contributed by atoms with E-state index >= 15 is 0 Å². The smallest absolute Gasteiger partial charge is 0.257 e. The molecule has 8 heteroatoms. The van der Waals surface area contributed by atoms with Gasteiger partial charge in [0.2, 0.25) is 5.95 Å². The topological polar surface area (TPSA) is 74.2 Å². The van der Waals surface area contributed by atoms with Gasteiger partial charge in [0.25, 0.3) is 5.91 Å². The number of halogens is 1. The number of pyridine rings is 1. The fourth-order valence-corrected chi connectivity index (χ4v) is 3.03. The van der Waals surface area contributed by atoms with Gasteiger partial charge in [-0.15, -0.1) is 0 Å². The number of carbonyl (C=O) groups excluding carboxylic acids is 1. The molecule has 1 aliphatic heterocycles. The van der Waals surface area contributed by atoms with Gasteiger partial charge in [-0.05, 0) is 36.4 Å². The van der Waals surface area contributed by atoms with Gasteiger partial charge in [-0.3, -0.25) is 4.79 Å². The third kappa shape index (κ3) is 4.06. The summed E-state index contributed by atoms with van der Waals surface area (Å²) in [5, 5.41) is 2.97. The molecule has 1 N–H and O–H groups in total. The molecule has 0 radical (unpaired) electrons. The van der Waals surface area contributed by atoms with Gasteiger partial charge in [-0.2, -0.15) is 0 Å². The molecule has 28 heavy (non-hydrogen) atoms. The van der Waals surface area contributed by atoms with Crippen molar-refractivity contribution in [3.05, 3.63) is 72.4 Å². The largest absolute Gasteiger partial charge is 0.353 e. The summed E-state index contributed by atoms with van der Waals surface area (Å²) in [6.45, 7) is 2.69. The second-order valence-corrected chi connectivity index (χ2v) is 6.39. The average Bonchev–Trinajstić information content (AvgIpc) is 2.76. The van der Waals surface area contributed by atoms with Crippen LogP contribution in [0.3, 0.4) is 0 Å². The van der Waals surface area contributed by atoms with Crippen molar-refractivity contribution in [2.45, 2.75) is 0 Å². The summed E-state index contributed by atoms with van der Waals surface area (Å²) in [7, 11) is 0. The van der Waals surface area contributed by atoms with E-state index < -0.39 is 0 Å². The van der Waals surface area contributed by atoms with Crippen LogP contribution in [0.2, 0.25) is 0 Å². The summed E-state index contributed by atoms with van der Waals surface area (Å²) >= 11 is 0. The molecule has 0 saturated carbocycles. The fraction of sp³-hybridized carbons (Fsp3) is 0.200. The third-order valence-corrected chi connectivity index (χ3v) is 4.54. The first-order chi connectivity index (χ1) is 13.7. The van der Waals surface area contributed by atoms with Gasteiger partial charge in [0, 0.05) is 50.5 Å². The Hall–Kier alpha value is -3.55. The van der Waals surface area contributed by atoms with Crippen molar-refractivity contribution in [3.8, 4) is 0 Å². The van der Waals surface area contributed by atoms with Crippen LogP contribution in [0.1, 0.15) is 10.4 Å². The second-order valence-electron chi connectivity index (χ2n) is 6.39. The van der Waals surface area contributed by atoms with E-state index in [1.807, 2.05) is 18.2 Å². The number of nitrogens with zero attached hydrogens (tertiary/aromatic N) is 5. The predicted octanol–water partition coefficient (Wildman–Crippen LogP) is 2.72. The lowest BCUT2D eigenvalue weighted by atomic mass is 10.2. The maximum atomic E-state index is 13.0. The van der Waals surface area contributed by atoms with Gasteiger partial charge in [0.05, 0.1) is 5.56 Å². The monoisotopic (exact) mass is 378 g/mol. The Labute approximate surface area is 161 Å². The van der Waals surface area contributed by atoms with Gasteiger partial charge in [0.1, 0.15) is 11.6 Å². The van der Waals surface area contributed by atoms with E-state index in [9.17, 15) is 9.18 Å². The Balaban J connectivity index is 1.35. The van der Waals surface area contributed by atoms with Crippen LogP contribution in [-0.2, 0) is 0 Å². The number of nitrogens with one attached hydrogen (secondary N) is 1. The number of aromatic nitrogens is 3. The zero-order valence-corrected chi connectivity index (χ0v) is 15.1. The Morgan fingerprint density at radius 2 is 1.64 bits per heavy atom. The lowest BCUT2D eigenvalue weighted by molar-refractivity contribution is 0.0745. The Kier molecular flexibility index (Phi) is 5.09. The summed E-state index contributed by atoms with van der Waals surface area (Å²) in [4.78, 5) is 29.4. The lowest BCUT2D eigenvalue weighted by Crippen LogP contribution is -2.49. The molecular formula is C20H19FN6O. The quantitative estimate of drug-likeness (QED) is 0.753. The number of rotatable bonds is 4. The Morgan fingerprint density at radius 1 is 0.929 bits per heavy atom. The minimum Gasteiger partial charge on any atom is -0.353 e. The van der Waals surface area contributed by atoms with Crippen LogP contribution in [0.25, 0.3) is 0 Å². The van der Waals surface area contributed by atoms with Crippen molar-refractivity contribution in [2.75, 3.05) is 36.4 Å². The zero-order chi connectivity index (χ0) is 19.3. The van der Waals surface area contributed by atoms with Crippen molar-refractivity contribution in [2.24, 2.45) is 0 Å².